The first-order valence-electron chi connectivity index (χ1n) is 11.9. The standard InChI is InChI=1S/C12H22N2O.C10H6FNO2.C4H10/c1-9-12(15)13-11(8-14(9)2)10-6-4-3-5-7-10;11-8-3-1-7(2-4-8)10-5-9(6-13)14-12-10;1-4(2)3/h9-11H,3-8H2,1-2H3,(H,13,15);1-6H;4H,1-3H3. The van der Waals surface area contributed by atoms with E-state index in [4.69, 9.17) is 0 Å². The number of benzene rings is 1. The summed E-state index contributed by atoms with van der Waals surface area (Å²) >= 11 is 0. The van der Waals surface area contributed by atoms with Gasteiger partial charge in [-0.2, -0.15) is 0 Å². The first-order valence-corrected chi connectivity index (χ1v) is 11.9. The fourth-order valence-electron chi connectivity index (χ4n) is 3.92. The summed E-state index contributed by atoms with van der Waals surface area (Å²) in [6.45, 7) is 9.50. The molecule has 2 aliphatic rings. The molecule has 1 N–H and O–H groups in total. The van der Waals surface area contributed by atoms with Gasteiger partial charge in [-0.05, 0) is 62.9 Å². The number of aldehydes is 1. The molecule has 2 unspecified atom stereocenters. The number of nitrogens with one attached hydrogen (secondary N) is 1. The predicted molar refractivity (Wildman–Crippen MR) is 128 cm³/mol. The topological polar surface area (TPSA) is 75.4 Å². The Balaban J connectivity index is 0.000000202. The molecule has 0 radical (unpaired) electrons. The van der Waals surface area contributed by atoms with E-state index in [0.717, 1.165) is 18.4 Å². The second-order valence-corrected chi connectivity index (χ2v) is 9.60. The minimum Gasteiger partial charge on any atom is -0.353 e. The van der Waals surface area contributed by atoms with Crippen LogP contribution in [0.4, 0.5) is 4.39 Å². The molecule has 4 rings (SSSR count). The van der Waals surface area contributed by atoms with Gasteiger partial charge in [-0.25, -0.2) is 4.39 Å². The summed E-state index contributed by atoms with van der Waals surface area (Å²) < 4.78 is 17.3. The minimum atomic E-state index is -0.312. The molecule has 1 aromatic carbocycles. The zero-order valence-corrected chi connectivity index (χ0v) is 20.5. The van der Waals surface area contributed by atoms with Crippen molar-refractivity contribution in [2.75, 3.05) is 13.6 Å². The summed E-state index contributed by atoms with van der Waals surface area (Å²) in [5.41, 5.74) is 1.23. The summed E-state index contributed by atoms with van der Waals surface area (Å²) in [4.78, 5) is 24.2. The fraction of sp³-hybridized carbons (Fsp3) is 0.577. The molecular weight excluding hydrogens is 421 g/mol. The van der Waals surface area contributed by atoms with E-state index in [1.165, 1.54) is 50.3 Å². The lowest BCUT2D eigenvalue weighted by Gasteiger charge is -2.40. The van der Waals surface area contributed by atoms with Crippen LogP contribution in [-0.2, 0) is 4.79 Å². The molecule has 2 aromatic rings. The normalized spacial score (nSPS) is 21.4. The molecule has 1 aliphatic heterocycles. The van der Waals surface area contributed by atoms with Gasteiger partial charge >= 0.3 is 0 Å². The Morgan fingerprint density at radius 1 is 1.15 bits per heavy atom. The highest BCUT2D eigenvalue weighted by Gasteiger charge is 2.33. The number of likely N-dealkylation sites (N-methyl/N-ethyl adjacent to an activating group) is 1. The van der Waals surface area contributed by atoms with Gasteiger partial charge in [0, 0.05) is 24.2 Å². The fourth-order valence-corrected chi connectivity index (χ4v) is 3.92. The number of hydrogen-bond donors (Lipinski definition) is 1. The Bertz CT molecular complexity index is 857. The molecule has 1 amide bonds. The van der Waals surface area contributed by atoms with E-state index >= 15 is 0 Å². The van der Waals surface area contributed by atoms with E-state index in [9.17, 15) is 14.0 Å². The van der Waals surface area contributed by atoms with E-state index in [2.05, 4.69) is 47.7 Å². The number of aromatic nitrogens is 1. The van der Waals surface area contributed by atoms with E-state index < -0.39 is 0 Å². The predicted octanol–water partition coefficient (Wildman–Crippen LogP) is 5.34. The van der Waals surface area contributed by atoms with Crippen LogP contribution in [0.15, 0.2) is 34.9 Å². The molecule has 1 aliphatic carbocycles. The number of hydrogen-bond acceptors (Lipinski definition) is 5. The van der Waals surface area contributed by atoms with Gasteiger partial charge in [0.05, 0.1) is 6.04 Å². The average Bonchev–Trinajstić information content (AvgIpc) is 3.28. The van der Waals surface area contributed by atoms with E-state index in [0.29, 0.717) is 23.6 Å². The zero-order chi connectivity index (χ0) is 24.4. The quantitative estimate of drug-likeness (QED) is 0.627. The number of halogens is 1. The van der Waals surface area contributed by atoms with Crippen molar-refractivity contribution >= 4 is 12.2 Å². The molecule has 182 valence electrons. The Kier molecular flexibility index (Phi) is 10.7. The molecule has 2 atom stereocenters. The first-order chi connectivity index (χ1) is 15.7. The number of carbonyl (C=O) groups excluding carboxylic acids is 2. The van der Waals surface area contributed by atoms with Crippen molar-refractivity contribution < 1.29 is 18.5 Å². The van der Waals surface area contributed by atoms with Crippen LogP contribution in [0.2, 0.25) is 0 Å². The summed E-state index contributed by atoms with van der Waals surface area (Å²) in [5, 5.41) is 6.84. The van der Waals surface area contributed by atoms with Crippen molar-refractivity contribution in [3.05, 3.63) is 41.9 Å². The van der Waals surface area contributed by atoms with Crippen LogP contribution in [0, 0.1) is 17.7 Å². The molecular formula is C26H38FN3O3. The summed E-state index contributed by atoms with van der Waals surface area (Å²) in [6, 6.07) is 7.74. The average molecular weight is 460 g/mol. The van der Waals surface area contributed by atoms with Crippen molar-refractivity contribution in [2.45, 2.75) is 71.9 Å². The van der Waals surface area contributed by atoms with Crippen LogP contribution in [0.25, 0.3) is 11.3 Å². The van der Waals surface area contributed by atoms with Crippen molar-refractivity contribution in [3.63, 3.8) is 0 Å². The second-order valence-electron chi connectivity index (χ2n) is 9.60. The van der Waals surface area contributed by atoms with Gasteiger partial charge in [-0.1, -0.05) is 45.2 Å². The zero-order valence-electron chi connectivity index (χ0n) is 20.5. The molecule has 2 fully saturated rings. The summed E-state index contributed by atoms with van der Waals surface area (Å²) in [5.74, 6) is 1.61. The molecule has 6 nitrogen and oxygen atoms in total. The van der Waals surface area contributed by atoms with Gasteiger partial charge in [0.1, 0.15) is 11.5 Å². The molecule has 1 saturated carbocycles. The molecule has 0 bridgehead atoms. The monoisotopic (exact) mass is 459 g/mol. The Hall–Kier alpha value is -2.54. The Morgan fingerprint density at radius 2 is 1.76 bits per heavy atom. The van der Waals surface area contributed by atoms with Crippen molar-refractivity contribution in [1.82, 2.24) is 15.4 Å². The van der Waals surface area contributed by atoms with Gasteiger partial charge in [-0.3, -0.25) is 14.5 Å². The highest BCUT2D eigenvalue weighted by molar-refractivity contribution is 5.82. The van der Waals surface area contributed by atoms with Crippen LogP contribution >= 0.6 is 0 Å². The molecule has 33 heavy (non-hydrogen) atoms. The molecule has 1 saturated heterocycles. The summed E-state index contributed by atoms with van der Waals surface area (Å²) in [7, 11) is 2.05. The number of nitrogens with zero attached hydrogens (tertiary/aromatic N) is 2. The third kappa shape index (κ3) is 8.72. The number of carbonyl (C=O) groups is 2. The molecule has 0 spiro atoms. The lowest BCUT2D eigenvalue weighted by atomic mass is 9.83. The van der Waals surface area contributed by atoms with Gasteiger partial charge in [-0.15, -0.1) is 0 Å². The van der Waals surface area contributed by atoms with Crippen molar-refractivity contribution in [1.29, 1.82) is 0 Å². The van der Waals surface area contributed by atoms with Gasteiger partial charge in [0.25, 0.3) is 0 Å². The first kappa shape index (κ1) is 26.7. The lowest BCUT2D eigenvalue weighted by Crippen LogP contribution is -2.59. The van der Waals surface area contributed by atoms with Crippen molar-refractivity contribution in [2.24, 2.45) is 11.8 Å². The summed E-state index contributed by atoms with van der Waals surface area (Å²) in [6.07, 6.45) is 7.23. The number of amides is 1. The Labute approximate surface area is 196 Å². The second kappa shape index (κ2) is 13.2. The smallest absolute Gasteiger partial charge is 0.237 e. The van der Waals surface area contributed by atoms with Gasteiger partial charge < -0.3 is 9.84 Å². The molecule has 7 heteroatoms. The number of rotatable bonds is 3. The van der Waals surface area contributed by atoms with Crippen LogP contribution < -0.4 is 5.32 Å². The van der Waals surface area contributed by atoms with E-state index in [1.54, 1.807) is 12.1 Å². The highest BCUT2D eigenvalue weighted by atomic mass is 19.1. The maximum Gasteiger partial charge on any atom is 0.237 e. The SMILES string of the molecule is CC(C)C.CC1C(=O)NC(C2CCCCC2)CN1C.O=Cc1cc(-c2ccc(F)cc2)no1. The van der Waals surface area contributed by atoms with Crippen LogP contribution in [-0.4, -0.2) is 47.9 Å². The van der Waals surface area contributed by atoms with Gasteiger partial charge in [0.2, 0.25) is 5.91 Å². The van der Waals surface area contributed by atoms with E-state index in [1.807, 2.05) is 6.92 Å². The third-order valence-electron chi connectivity index (χ3n) is 5.86. The van der Waals surface area contributed by atoms with Crippen LogP contribution in [0.1, 0.15) is 70.4 Å². The van der Waals surface area contributed by atoms with Crippen LogP contribution in [0.5, 0.6) is 0 Å². The largest absolute Gasteiger partial charge is 0.353 e. The highest BCUT2D eigenvalue weighted by Crippen LogP contribution is 2.28. The minimum absolute atomic E-state index is 0.0461. The maximum atomic E-state index is 12.6. The van der Waals surface area contributed by atoms with Crippen molar-refractivity contribution in [3.8, 4) is 11.3 Å². The molecule has 1 aromatic heterocycles. The number of piperazine rings is 1. The van der Waals surface area contributed by atoms with Crippen LogP contribution in [0.3, 0.4) is 0 Å². The maximum absolute atomic E-state index is 12.6. The Morgan fingerprint density at radius 3 is 2.27 bits per heavy atom. The van der Waals surface area contributed by atoms with Gasteiger partial charge in [0.15, 0.2) is 12.0 Å². The molecule has 2 heterocycles. The van der Waals surface area contributed by atoms with E-state index in [-0.39, 0.29) is 23.5 Å². The lowest BCUT2D eigenvalue weighted by molar-refractivity contribution is -0.130. The third-order valence-corrected chi connectivity index (χ3v) is 5.86.